The Kier molecular flexibility index (Phi) is 5.79. The molecule has 0 aliphatic heterocycles. The van der Waals surface area contributed by atoms with Crippen LogP contribution in [0.4, 0.5) is 0 Å². The molecular formula is C15H19NO3. The molecule has 4 nitrogen and oxygen atoms in total. The predicted molar refractivity (Wildman–Crippen MR) is 74.6 cm³/mol. The molecule has 0 aromatic heterocycles. The summed E-state index contributed by atoms with van der Waals surface area (Å²) in [4.78, 5) is 22.4. The highest BCUT2D eigenvalue weighted by atomic mass is 16.5. The normalized spacial score (nSPS) is 10.5. The van der Waals surface area contributed by atoms with Crippen molar-refractivity contribution in [3.05, 3.63) is 41.0 Å². The molecule has 102 valence electrons. The van der Waals surface area contributed by atoms with Crippen molar-refractivity contribution < 1.29 is 14.3 Å². The Hall–Kier alpha value is -2.10. The molecule has 0 saturated heterocycles. The maximum Gasteiger partial charge on any atom is 0.307 e. The number of methoxy groups -OCH3 is 1. The molecule has 0 aliphatic carbocycles. The largest absolute Gasteiger partial charge is 0.469 e. The highest BCUT2D eigenvalue weighted by molar-refractivity contribution is 5.92. The van der Waals surface area contributed by atoms with Gasteiger partial charge in [0, 0.05) is 12.6 Å². The van der Waals surface area contributed by atoms with Gasteiger partial charge in [0.1, 0.15) is 0 Å². The molecule has 0 fully saturated rings. The first-order valence-corrected chi connectivity index (χ1v) is 6.13. The van der Waals surface area contributed by atoms with Gasteiger partial charge in [0.25, 0.3) is 0 Å². The van der Waals surface area contributed by atoms with E-state index < -0.39 is 0 Å². The number of amides is 1. The summed E-state index contributed by atoms with van der Waals surface area (Å²) in [5.41, 5.74) is 3.32. The van der Waals surface area contributed by atoms with Gasteiger partial charge in [0.15, 0.2) is 0 Å². The number of hydrogen-bond acceptors (Lipinski definition) is 3. The molecule has 1 N–H and O–H groups in total. The van der Waals surface area contributed by atoms with E-state index in [9.17, 15) is 9.59 Å². The van der Waals surface area contributed by atoms with Gasteiger partial charge in [-0.3, -0.25) is 9.59 Å². The van der Waals surface area contributed by atoms with Crippen LogP contribution in [0.25, 0.3) is 6.08 Å². The van der Waals surface area contributed by atoms with Gasteiger partial charge in [-0.15, -0.1) is 0 Å². The second-order valence-corrected chi connectivity index (χ2v) is 4.31. The number of aryl methyl sites for hydroxylation is 2. The lowest BCUT2D eigenvalue weighted by atomic mass is 10.1. The summed E-state index contributed by atoms with van der Waals surface area (Å²) < 4.78 is 4.48. The van der Waals surface area contributed by atoms with Gasteiger partial charge < -0.3 is 10.1 Å². The van der Waals surface area contributed by atoms with E-state index in [-0.39, 0.29) is 24.8 Å². The number of nitrogens with one attached hydrogen (secondary N) is 1. The van der Waals surface area contributed by atoms with E-state index in [1.165, 1.54) is 18.7 Å². The Morgan fingerprint density at radius 3 is 2.68 bits per heavy atom. The van der Waals surface area contributed by atoms with Gasteiger partial charge in [0.2, 0.25) is 5.91 Å². The van der Waals surface area contributed by atoms with Gasteiger partial charge in [0.05, 0.1) is 13.5 Å². The Bertz CT molecular complexity index is 492. The number of carbonyl (C=O) groups excluding carboxylic acids is 2. The number of benzene rings is 1. The highest BCUT2D eigenvalue weighted by Gasteiger charge is 2.01. The molecule has 0 saturated carbocycles. The average molecular weight is 261 g/mol. The standard InChI is InChI=1S/C15H19NO3/c1-11-4-5-13(12(2)10-11)6-7-14(17)16-9-8-15(18)19-3/h4-7,10H,8-9H2,1-3H3,(H,16,17). The number of hydrogen-bond donors (Lipinski definition) is 1. The topological polar surface area (TPSA) is 55.4 Å². The van der Waals surface area contributed by atoms with Crippen LogP contribution in [0.5, 0.6) is 0 Å². The van der Waals surface area contributed by atoms with Crippen LogP contribution in [0.15, 0.2) is 24.3 Å². The van der Waals surface area contributed by atoms with E-state index in [0.29, 0.717) is 0 Å². The lowest BCUT2D eigenvalue weighted by Gasteiger charge is -2.02. The number of esters is 1. The molecule has 0 bridgehead atoms. The summed E-state index contributed by atoms with van der Waals surface area (Å²) in [5, 5.41) is 2.62. The molecule has 1 aromatic carbocycles. The fourth-order valence-electron chi connectivity index (χ4n) is 1.63. The van der Waals surface area contributed by atoms with E-state index in [1.807, 2.05) is 26.0 Å². The minimum Gasteiger partial charge on any atom is -0.469 e. The third kappa shape index (κ3) is 5.38. The monoisotopic (exact) mass is 261 g/mol. The maximum absolute atomic E-state index is 11.5. The molecule has 0 unspecified atom stereocenters. The Balaban J connectivity index is 2.47. The summed E-state index contributed by atoms with van der Waals surface area (Å²) in [5.74, 6) is -0.553. The zero-order valence-electron chi connectivity index (χ0n) is 11.5. The molecule has 4 heteroatoms. The van der Waals surface area contributed by atoms with Crippen LogP contribution in [0, 0.1) is 13.8 Å². The molecule has 1 amide bonds. The third-order valence-corrected chi connectivity index (χ3v) is 2.70. The molecule has 0 heterocycles. The van der Waals surface area contributed by atoms with Gasteiger partial charge >= 0.3 is 5.97 Å². The summed E-state index contributed by atoms with van der Waals surface area (Å²) in [6.45, 7) is 4.31. The van der Waals surface area contributed by atoms with Crippen molar-refractivity contribution in [2.24, 2.45) is 0 Å². The van der Waals surface area contributed by atoms with Crippen molar-refractivity contribution >= 4 is 18.0 Å². The van der Waals surface area contributed by atoms with Gasteiger partial charge in [-0.2, -0.15) is 0 Å². The quantitative estimate of drug-likeness (QED) is 0.651. The summed E-state index contributed by atoms with van der Waals surface area (Å²) in [6.07, 6.45) is 3.41. The molecule has 0 radical (unpaired) electrons. The maximum atomic E-state index is 11.5. The van der Waals surface area contributed by atoms with Crippen molar-refractivity contribution in [3.63, 3.8) is 0 Å². The summed E-state index contributed by atoms with van der Waals surface area (Å²) >= 11 is 0. The van der Waals surface area contributed by atoms with Gasteiger partial charge in [-0.05, 0) is 31.1 Å². The number of rotatable bonds is 5. The summed E-state index contributed by atoms with van der Waals surface area (Å²) in [7, 11) is 1.32. The first-order valence-electron chi connectivity index (χ1n) is 6.13. The van der Waals surface area contributed by atoms with E-state index in [1.54, 1.807) is 6.08 Å². The fourth-order valence-corrected chi connectivity index (χ4v) is 1.63. The lowest BCUT2D eigenvalue weighted by Crippen LogP contribution is -2.24. The van der Waals surface area contributed by atoms with Crippen molar-refractivity contribution in [2.75, 3.05) is 13.7 Å². The molecule has 1 aromatic rings. The molecule has 0 atom stereocenters. The molecule has 0 aliphatic rings. The van der Waals surface area contributed by atoms with Crippen LogP contribution >= 0.6 is 0 Å². The Labute approximate surface area is 113 Å². The predicted octanol–water partition coefficient (Wildman–Crippen LogP) is 2.00. The highest BCUT2D eigenvalue weighted by Crippen LogP contribution is 2.11. The van der Waals surface area contributed by atoms with Crippen molar-refractivity contribution in [2.45, 2.75) is 20.3 Å². The molecule has 19 heavy (non-hydrogen) atoms. The molecule has 0 spiro atoms. The van der Waals surface area contributed by atoms with E-state index in [0.717, 1.165) is 11.1 Å². The first kappa shape index (κ1) is 15.0. The Morgan fingerprint density at radius 2 is 2.05 bits per heavy atom. The first-order chi connectivity index (χ1) is 9.02. The zero-order chi connectivity index (χ0) is 14.3. The summed E-state index contributed by atoms with van der Waals surface area (Å²) in [6, 6.07) is 6.04. The van der Waals surface area contributed by atoms with Crippen LogP contribution in [0.3, 0.4) is 0 Å². The van der Waals surface area contributed by atoms with Gasteiger partial charge in [-0.1, -0.05) is 23.8 Å². The SMILES string of the molecule is COC(=O)CCNC(=O)C=Cc1ccc(C)cc1C. The van der Waals surface area contributed by atoms with Crippen molar-refractivity contribution in [3.8, 4) is 0 Å². The second-order valence-electron chi connectivity index (χ2n) is 4.31. The zero-order valence-corrected chi connectivity index (χ0v) is 11.5. The lowest BCUT2D eigenvalue weighted by molar-refractivity contribution is -0.140. The molecular weight excluding hydrogens is 242 g/mol. The number of carbonyl (C=O) groups is 2. The third-order valence-electron chi connectivity index (χ3n) is 2.70. The second kappa shape index (κ2) is 7.36. The van der Waals surface area contributed by atoms with Crippen LogP contribution in [-0.2, 0) is 14.3 Å². The average Bonchev–Trinajstić information content (AvgIpc) is 2.37. The van der Waals surface area contributed by atoms with Crippen LogP contribution in [0.1, 0.15) is 23.1 Å². The van der Waals surface area contributed by atoms with Crippen molar-refractivity contribution in [1.82, 2.24) is 5.32 Å². The fraction of sp³-hybridized carbons (Fsp3) is 0.333. The minimum atomic E-state index is -0.335. The van der Waals surface area contributed by atoms with Gasteiger partial charge in [-0.25, -0.2) is 0 Å². The van der Waals surface area contributed by atoms with Crippen LogP contribution in [-0.4, -0.2) is 25.5 Å². The van der Waals surface area contributed by atoms with Crippen molar-refractivity contribution in [1.29, 1.82) is 0 Å². The van der Waals surface area contributed by atoms with E-state index in [2.05, 4.69) is 16.1 Å². The van der Waals surface area contributed by atoms with Crippen LogP contribution in [0.2, 0.25) is 0 Å². The smallest absolute Gasteiger partial charge is 0.307 e. The van der Waals surface area contributed by atoms with E-state index >= 15 is 0 Å². The van der Waals surface area contributed by atoms with E-state index in [4.69, 9.17) is 0 Å². The minimum absolute atomic E-state index is 0.180. The Morgan fingerprint density at radius 1 is 1.32 bits per heavy atom. The molecule has 1 rings (SSSR count). The number of ether oxygens (including phenoxy) is 1. The van der Waals surface area contributed by atoms with Crippen LogP contribution < -0.4 is 5.32 Å².